The maximum Gasteiger partial charge on any atom is 0.248 e. The first-order valence-electron chi connectivity index (χ1n) is 7.41. The van der Waals surface area contributed by atoms with Crippen LogP contribution in [0.5, 0.6) is 0 Å². The quantitative estimate of drug-likeness (QED) is 0.737. The maximum atomic E-state index is 13.3. The summed E-state index contributed by atoms with van der Waals surface area (Å²) in [6.07, 6.45) is 0.0760. The molecule has 3 rings (SSSR count). The number of rotatable bonds is 5. The normalized spacial score (nSPS) is 10.4. The van der Waals surface area contributed by atoms with Gasteiger partial charge in [-0.3, -0.25) is 9.59 Å². The van der Waals surface area contributed by atoms with Crippen molar-refractivity contribution >= 4 is 28.8 Å². The Balaban J connectivity index is 1.68. The molecule has 3 N–H and O–H groups in total. The third-order valence-corrected chi connectivity index (χ3v) is 4.34. The summed E-state index contributed by atoms with van der Waals surface area (Å²) in [6, 6.07) is 12.5. The van der Waals surface area contributed by atoms with Crippen LogP contribution in [0.15, 0.2) is 53.9 Å². The van der Waals surface area contributed by atoms with E-state index in [1.807, 2.05) is 0 Å². The van der Waals surface area contributed by atoms with Gasteiger partial charge in [0.25, 0.3) is 0 Å². The summed E-state index contributed by atoms with van der Waals surface area (Å²) in [4.78, 5) is 27.7. The van der Waals surface area contributed by atoms with E-state index in [-0.39, 0.29) is 18.1 Å². The van der Waals surface area contributed by atoms with E-state index in [0.717, 1.165) is 0 Å². The summed E-state index contributed by atoms with van der Waals surface area (Å²) in [6.45, 7) is 0. The number of anilines is 1. The van der Waals surface area contributed by atoms with E-state index in [9.17, 15) is 14.0 Å². The number of carbonyl (C=O) groups is 2. The predicted molar refractivity (Wildman–Crippen MR) is 94.8 cm³/mol. The van der Waals surface area contributed by atoms with Crippen LogP contribution in [-0.4, -0.2) is 16.8 Å². The number of hydrogen-bond acceptors (Lipinski definition) is 4. The first kappa shape index (κ1) is 16.8. The highest BCUT2D eigenvalue weighted by Crippen LogP contribution is 2.24. The highest BCUT2D eigenvalue weighted by Gasteiger charge is 2.10. The predicted octanol–water partition coefficient (Wildman–Crippen LogP) is 3.23. The van der Waals surface area contributed by atoms with Crippen LogP contribution in [0.1, 0.15) is 16.1 Å². The van der Waals surface area contributed by atoms with Crippen LogP contribution in [-0.2, 0) is 11.2 Å². The molecule has 0 saturated carbocycles. The SMILES string of the molecule is NC(=O)c1cccc(NC(=O)Cc2csc(-c3cccc(F)c3)n2)c1. The molecule has 1 heterocycles. The molecular formula is C18H14FN3O2S. The van der Waals surface area contributed by atoms with Gasteiger partial charge >= 0.3 is 0 Å². The Kier molecular flexibility index (Phi) is 4.85. The van der Waals surface area contributed by atoms with Crippen molar-refractivity contribution in [2.45, 2.75) is 6.42 Å². The molecule has 0 aliphatic heterocycles. The third kappa shape index (κ3) is 4.27. The number of halogens is 1. The summed E-state index contributed by atoms with van der Waals surface area (Å²) in [5, 5.41) is 5.12. The molecule has 2 amide bonds. The monoisotopic (exact) mass is 355 g/mol. The van der Waals surface area contributed by atoms with Crippen molar-refractivity contribution in [2.24, 2.45) is 5.73 Å². The zero-order chi connectivity index (χ0) is 17.8. The van der Waals surface area contributed by atoms with Crippen molar-refractivity contribution in [2.75, 3.05) is 5.32 Å². The van der Waals surface area contributed by atoms with Crippen molar-refractivity contribution in [3.05, 3.63) is 71.0 Å². The van der Waals surface area contributed by atoms with E-state index in [1.165, 1.54) is 29.5 Å². The van der Waals surface area contributed by atoms with Gasteiger partial charge in [0.1, 0.15) is 10.8 Å². The standard InChI is InChI=1S/C18H14FN3O2S/c19-13-5-1-4-12(7-13)18-22-15(10-25-18)9-16(23)21-14-6-2-3-11(8-14)17(20)24/h1-8,10H,9H2,(H2,20,24)(H,21,23). The number of thiazole rings is 1. The molecule has 7 heteroatoms. The molecule has 0 fully saturated rings. The summed E-state index contributed by atoms with van der Waals surface area (Å²) >= 11 is 1.35. The minimum absolute atomic E-state index is 0.0760. The Morgan fingerprint density at radius 3 is 2.72 bits per heavy atom. The lowest BCUT2D eigenvalue weighted by atomic mass is 10.2. The van der Waals surface area contributed by atoms with Crippen LogP contribution >= 0.6 is 11.3 Å². The number of carbonyl (C=O) groups excluding carboxylic acids is 2. The Hall–Kier alpha value is -3.06. The zero-order valence-electron chi connectivity index (χ0n) is 13.0. The second kappa shape index (κ2) is 7.23. The summed E-state index contributed by atoms with van der Waals surface area (Å²) in [5.41, 5.74) is 7.29. The van der Waals surface area contributed by atoms with Gasteiger partial charge in [-0.15, -0.1) is 11.3 Å². The highest BCUT2D eigenvalue weighted by atomic mass is 32.1. The number of nitrogens with two attached hydrogens (primary N) is 1. The lowest BCUT2D eigenvalue weighted by molar-refractivity contribution is -0.115. The molecule has 0 radical (unpaired) electrons. The summed E-state index contributed by atoms with van der Waals surface area (Å²) in [5.74, 6) is -1.16. The van der Waals surface area contributed by atoms with Crippen LogP contribution in [0.3, 0.4) is 0 Å². The maximum absolute atomic E-state index is 13.3. The molecule has 1 aromatic heterocycles. The van der Waals surface area contributed by atoms with E-state index >= 15 is 0 Å². The first-order chi connectivity index (χ1) is 12.0. The fourth-order valence-electron chi connectivity index (χ4n) is 2.26. The first-order valence-corrected chi connectivity index (χ1v) is 8.29. The molecule has 0 saturated heterocycles. The van der Waals surface area contributed by atoms with Gasteiger partial charge in [0, 0.05) is 22.2 Å². The second-order valence-electron chi connectivity index (χ2n) is 5.32. The average Bonchev–Trinajstić information content (AvgIpc) is 3.03. The molecular weight excluding hydrogens is 341 g/mol. The molecule has 3 aromatic rings. The highest BCUT2D eigenvalue weighted by molar-refractivity contribution is 7.13. The van der Waals surface area contributed by atoms with Crippen molar-refractivity contribution < 1.29 is 14.0 Å². The molecule has 0 spiro atoms. The fraction of sp³-hybridized carbons (Fsp3) is 0.0556. The smallest absolute Gasteiger partial charge is 0.248 e. The molecule has 0 atom stereocenters. The number of nitrogens with one attached hydrogen (secondary N) is 1. The van der Waals surface area contributed by atoms with E-state index in [1.54, 1.807) is 35.7 Å². The molecule has 0 aliphatic carbocycles. The molecule has 5 nitrogen and oxygen atoms in total. The second-order valence-corrected chi connectivity index (χ2v) is 6.18. The molecule has 0 aliphatic rings. The number of primary amides is 1. The third-order valence-electron chi connectivity index (χ3n) is 3.40. The van der Waals surface area contributed by atoms with Gasteiger partial charge in [-0.05, 0) is 30.3 Å². The van der Waals surface area contributed by atoms with Crippen molar-refractivity contribution in [1.29, 1.82) is 0 Å². The number of benzene rings is 2. The topological polar surface area (TPSA) is 85.1 Å². The summed E-state index contributed by atoms with van der Waals surface area (Å²) in [7, 11) is 0. The zero-order valence-corrected chi connectivity index (χ0v) is 13.8. The van der Waals surface area contributed by atoms with E-state index in [4.69, 9.17) is 5.73 Å². The molecule has 2 aromatic carbocycles. The number of hydrogen-bond donors (Lipinski definition) is 2. The largest absolute Gasteiger partial charge is 0.366 e. The lowest BCUT2D eigenvalue weighted by Gasteiger charge is -2.05. The Bertz CT molecular complexity index is 939. The van der Waals surface area contributed by atoms with Gasteiger partial charge in [-0.25, -0.2) is 9.37 Å². The van der Waals surface area contributed by atoms with Crippen LogP contribution in [0.4, 0.5) is 10.1 Å². The van der Waals surface area contributed by atoms with Crippen LogP contribution < -0.4 is 11.1 Å². The van der Waals surface area contributed by atoms with Gasteiger partial charge < -0.3 is 11.1 Å². The average molecular weight is 355 g/mol. The summed E-state index contributed by atoms with van der Waals surface area (Å²) < 4.78 is 13.3. The van der Waals surface area contributed by atoms with Crippen molar-refractivity contribution in [1.82, 2.24) is 4.98 Å². The van der Waals surface area contributed by atoms with Gasteiger partial charge in [0.15, 0.2) is 0 Å². The fourth-order valence-corrected chi connectivity index (χ4v) is 3.08. The van der Waals surface area contributed by atoms with E-state index < -0.39 is 5.91 Å². The minimum atomic E-state index is -0.560. The van der Waals surface area contributed by atoms with Crippen LogP contribution in [0, 0.1) is 5.82 Å². The van der Waals surface area contributed by atoms with Gasteiger partial charge in [0.2, 0.25) is 11.8 Å². The number of aromatic nitrogens is 1. The molecule has 0 bridgehead atoms. The molecule has 25 heavy (non-hydrogen) atoms. The van der Waals surface area contributed by atoms with Crippen molar-refractivity contribution in [3.63, 3.8) is 0 Å². The Labute approximate surface area is 147 Å². The lowest BCUT2D eigenvalue weighted by Crippen LogP contribution is -2.16. The van der Waals surface area contributed by atoms with E-state index in [0.29, 0.717) is 27.5 Å². The van der Waals surface area contributed by atoms with Crippen LogP contribution in [0.2, 0.25) is 0 Å². The number of amides is 2. The van der Waals surface area contributed by atoms with Crippen molar-refractivity contribution in [3.8, 4) is 10.6 Å². The van der Waals surface area contributed by atoms with E-state index in [2.05, 4.69) is 10.3 Å². The number of nitrogens with zero attached hydrogens (tertiary/aromatic N) is 1. The minimum Gasteiger partial charge on any atom is -0.366 e. The van der Waals surface area contributed by atoms with Crippen LogP contribution in [0.25, 0.3) is 10.6 Å². The Morgan fingerprint density at radius 1 is 1.16 bits per heavy atom. The van der Waals surface area contributed by atoms with Gasteiger partial charge in [-0.1, -0.05) is 18.2 Å². The molecule has 126 valence electrons. The molecule has 0 unspecified atom stereocenters. The van der Waals surface area contributed by atoms with Gasteiger partial charge in [0.05, 0.1) is 12.1 Å². The Morgan fingerprint density at radius 2 is 1.96 bits per heavy atom. The van der Waals surface area contributed by atoms with Gasteiger partial charge in [-0.2, -0.15) is 0 Å².